The lowest BCUT2D eigenvalue weighted by Gasteiger charge is -2.21. The number of carbonyl (C=O) groups is 2. The van der Waals surface area contributed by atoms with Gasteiger partial charge < -0.3 is 9.47 Å². The molecule has 0 aliphatic heterocycles. The Morgan fingerprint density at radius 2 is 1.83 bits per heavy atom. The number of esters is 1. The Bertz CT molecular complexity index is 250. The zero-order valence-electron chi connectivity index (χ0n) is 12.0. The van der Waals surface area contributed by atoms with Crippen molar-refractivity contribution in [1.29, 1.82) is 0 Å². The van der Waals surface area contributed by atoms with Crippen LogP contribution in [0.25, 0.3) is 0 Å². The van der Waals surface area contributed by atoms with E-state index in [1.165, 1.54) is 0 Å². The summed E-state index contributed by atoms with van der Waals surface area (Å²) in [5.41, 5.74) is 0. The largest absolute Gasteiger partial charge is 0.463 e. The fourth-order valence-corrected chi connectivity index (χ4v) is 1.80. The standard InChI is InChI=1S/C14H26O4/c1-5-7-8-13(11(3)15)12(4)17-9-10-18-14(16)6-2/h12-13H,5-10H2,1-4H3. The summed E-state index contributed by atoms with van der Waals surface area (Å²) in [6, 6.07) is 0. The first-order valence-corrected chi connectivity index (χ1v) is 6.80. The Kier molecular flexibility index (Phi) is 9.56. The van der Waals surface area contributed by atoms with Crippen LogP contribution >= 0.6 is 0 Å². The van der Waals surface area contributed by atoms with Crippen molar-refractivity contribution in [3.63, 3.8) is 0 Å². The first-order chi connectivity index (χ1) is 8.52. The molecule has 0 saturated carbocycles. The van der Waals surface area contributed by atoms with Crippen molar-refractivity contribution in [3.05, 3.63) is 0 Å². The van der Waals surface area contributed by atoms with E-state index in [9.17, 15) is 9.59 Å². The van der Waals surface area contributed by atoms with Crippen LogP contribution in [0.5, 0.6) is 0 Å². The highest BCUT2D eigenvalue weighted by molar-refractivity contribution is 5.78. The monoisotopic (exact) mass is 258 g/mol. The number of ketones is 1. The van der Waals surface area contributed by atoms with Crippen molar-refractivity contribution in [3.8, 4) is 0 Å². The van der Waals surface area contributed by atoms with E-state index in [1.807, 2.05) is 6.92 Å². The van der Waals surface area contributed by atoms with Crippen LogP contribution in [-0.4, -0.2) is 31.1 Å². The van der Waals surface area contributed by atoms with Gasteiger partial charge in [-0.25, -0.2) is 0 Å². The zero-order chi connectivity index (χ0) is 14.0. The number of Topliss-reactive ketones (excluding diaryl/α,β-unsaturated/α-hetero) is 1. The topological polar surface area (TPSA) is 52.6 Å². The first-order valence-electron chi connectivity index (χ1n) is 6.80. The van der Waals surface area contributed by atoms with Crippen LogP contribution in [-0.2, 0) is 19.1 Å². The fourth-order valence-electron chi connectivity index (χ4n) is 1.80. The Labute approximate surface area is 110 Å². The molecule has 0 bridgehead atoms. The third-order valence-corrected chi connectivity index (χ3v) is 2.97. The maximum atomic E-state index is 11.5. The number of rotatable bonds is 10. The minimum atomic E-state index is -0.222. The summed E-state index contributed by atoms with van der Waals surface area (Å²) in [6.45, 7) is 7.98. The first kappa shape index (κ1) is 17.1. The molecule has 0 aliphatic carbocycles. The molecule has 0 N–H and O–H groups in total. The molecular formula is C14H26O4. The van der Waals surface area contributed by atoms with Gasteiger partial charge in [-0.2, -0.15) is 0 Å². The Hall–Kier alpha value is -0.900. The second-order valence-corrected chi connectivity index (χ2v) is 4.51. The van der Waals surface area contributed by atoms with Gasteiger partial charge in [0, 0.05) is 12.3 Å². The van der Waals surface area contributed by atoms with Gasteiger partial charge in [0.2, 0.25) is 0 Å². The summed E-state index contributed by atoms with van der Waals surface area (Å²) in [6.07, 6.45) is 3.23. The van der Waals surface area contributed by atoms with Crippen molar-refractivity contribution < 1.29 is 19.1 Å². The fraction of sp³-hybridized carbons (Fsp3) is 0.857. The zero-order valence-corrected chi connectivity index (χ0v) is 12.0. The van der Waals surface area contributed by atoms with Gasteiger partial charge in [0.15, 0.2) is 0 Å². The van der Waals surface area contributed by atoms with Crippen LogP contribution in [0.1, 0.15) is 53.4 Å². The molecular weight excluding hydrogens is 232 g/mol. The van der Waals surface area contributed by atoms with Crippen LogP contribution in [0, 0.1) is 5.92 Å². The summed E-state index contributed by atoms with van der Waals surface area (Å²) < 4.78 is 10.5. The highest BCUT2D eigenvalue weighted by Gasteiger charge is 2.21. The third kappa shape index (κ3) is 7.43. The molecule has 0 rings (SSSR count). The molecule has 106 valence electrons. The van der Waals surface area contributed by atoms with E-state index < -0.39 is 0 Å². The van der Waals surface area contributed by atoms with E-state index >= 15 is 0 Å². The van der Waals surface area contributed by atoms with Crippen molar-refractivity contribution in [1.82, 2.24) is 0 Å². The lowest BCUT2D eigenvalue weighted by molar-refractivity contribution is -0.146. The molecule has 0 amide bonds. The van der Waals surface area contributed by atoms with Crippen LogP contribution < -0.4 is 0 Å². The molecule has 0 aliphatic rings. The Morgan fingerprint density at radius 3 is 2.33 bits per heavy atom. The minimum absolute atomic E-state index is 0.0492. The van der Waals surface area contributed by atoms with Gasteiger partial charge in [-0.3, -0.25) is 9.59 Å². The molecule has 0 aromatic heterocycles. The second-order valence-electron chi connectivity index (χ2n) is 4.51. The maximum absolute atomic E-state index is 11.5. The van der Waals surface area contributed by atoms with Gasteiger partial charge in [0.25, 0.3) is 0 Å². The molecule has 0 heterocycles. The van der Waals surface area contributed by atoms with E-state index in [0.717, 1.165) is 19.3 Å². The molecule has 2 atom stereocenters. The Morgan fingerprint density at radius 1 is 1.17 bits per heavy atom. The van der Waals surface area contributed by atoms with E-state index in [2.05, 4.69) is 6.92 Å². The number of carbonyl (C=O) groups excluding carboxylic acids is 2. The molecule has 0 fully saturated rings. The van der Waals surface area contributed by atoms with Crippen molar-refractivity contribution in [2.24, 2.45) is 5.92 Å². The minimum Gasteiger partial charge on any atom is -0.463 e. The predicted molar refractivity (Wildman–Crippen MR) is 70.4 cm³/mol. The molecule has 0 saturated heterocycles. The summed E-state index contributed by atoms with van der Waals surface area (Å²) in [5.74, 6) is -0.103. The van der Waals surface area contributed by atoms with Crippen LogP contribution in [0.2, 0.25) is 0 Å². The second kappa shape index (κ2) is 10.1. The van der Waals surface area contributed by atoms with Crippen LogP contribution in [0.4, 0.5) is 0 Å². The van der Waals surface area contributed by atoms with E-state index in [-0.39, 0.29) is 30.4 Å². The predicted octanol–water partition coefficient (Wildman–Crippen LogP) is 2.74. The smallest absolute Gasteiger partial charge is 0.305 e. The van der Waals surface area contributed by atoms with E-state index in [1.54, 1.807) is 13.8 Å². The van der Waals surface area contributed by atoms with Gasteiger partial charge in [-0.05, 0) is 20.3 Å². The summed E-state index contributed by atoms with van der Waals surface area (Å²) in [7, 11) is 0. The van der Waals surface area contributed by atoms with Crippen LogP contribution in [0.15, 0.2) is 0 Å². The molecule has 18 heavy (non-hydrogen) atoms. The normalized spacial score (nSPS) is 14.0. The summed E-state index contributed by atoms with van der Waals surface area (Å²) >= 11 is 0. The Balaban J connectivity index is 3.91. The van der Waals surface area contributed by atoms with E-state index in [0.29, 0.717) is 13.0 Å². The molecule has 0 aromatic rings. The molecule has 4 nitrogen and oxygen atoms in total. The van der Waals surface area contributed by atoms with Gasteiger partial charge in [0.1, 0.15) is 12.4 Å². The third-order valence-electron chi connectivity index (χ3n) is 2.97. The average Bonchev–Trinajstić information content (AvgIpc) is 2.34. The van der Waals surface area contributed by atoms with E-state index in [4.69, 9.17) is 9.47 Å². The number of hydrogen-bond acceptors (Lipinski definition) is 4. The van der Waals surface area contributed by atoms with Gasteiger partial charge in [-0.15, -0.1) is 0 Å². The lowest BCUT2D eigenvalue weighted by atomic mass is 9.93. The maximum Gasteiger partial charge on any atom is 0.305 e. The quantitative estimate of drug-likeness (QED) is 0.446. The summed E-state index contributed by atoms with van der Waals surface area (Å²) in [4.78, 5) is 22.4. The van der Waals surface area contributed by atoms with Crippen LogP contribution in [0.3, 0.4) is 0 Å². The number of hydrogen-bond donors (Lipinski definition) is 0. The number of ether oxygens (including phenoxy) is 2. The summed E-state index contributed by atoms with van der Waals surface area (Å²) in [5, 5.41) is 0. The van der Waals surface area contributed by atoms with Crippen molar-refractivity contribution in [2.75, 3.05) is 13.2 Å². The van der Waals surface area contributed by atoms with Gasteiger partial charge >= 0.3 is 5.97 Å². The molecule has 2 unspecified atom stereocenters. The molecule has 4 heteroatoms. The highest BCUT2D eigenvalue weighted by atomic mass is 16.6. The van der Waals surface area contributed by atoms with Crippen molar-refractivity contribution >= 4 is 11.8 Å². The van der Waals surface area contributed by atoms with Crippen molar-refractivity contribution in [2.45, 2.75) is 59.5 Å². The highest BCUT2D eigenvalue weighted by Crippen LogP contribution is 2.16. The molecule has 0 aromatic carbocycles. The average molecular weight is 258 g/mol. The number of unbranched alkanes of at least 4 members (excludes halogenated alkanes) is 1. The van der Waals surface area contributed by atoms with Gasteiger partial charge in [0.05, 0.1) is 12.7 Å². The van der Waals surface area contributed by atoms with Gasteiger partial charge in [-0.1, -0.05) is 26.7 Å². The lowest BCUT2D eigenvalue weighted by Crippen LogP contribution is -2.28. The SMILES string of the molecule is CCCCC(C(C)=O)C(C)OCCOC(=O)CC. The molecule has 0 spiro atoms. The molecule has 0 radical (unpaired) electrons.